The second-order valence-electron chi connectivity index (χ2n) is 8.30. The van der Waals surface area contributed by atoms with Crippen LogP contribution in [0.15, 0.2) is 40.2 Å². The van der Waals surface area contributed by atoms with Gasteiger partial charge in [0.2, 0.25) is 5.91 Å². The molecular formula is C21H27N5O3. The second kappa shape index (κ2) is 7.69. The largest absolute Gasteiger partial charge is 0.354 e. The Hall–Kier alpha value is -3.16. The Morgan fingerprint density at radius 2 is 1.72 bits per heavy atom. The number of fused-ring (bicyclic) bond motifs is 1. The Morgan fingerprint density at radius 3 is 2.34 bits per heavy atom. The van der Waals surface area contributed by atoms with Gasteiger partial charge in [-0.3, -0.25) is 18.7 Å². The van der Waals surface area contributed by atoms with Gasteiger partial charge in [0.1, 0.15) is 6.54 Å². The summed E-state index contributed by atoms with van der Waals surface area (Å²) in [5, 5.41) is 2.87. The molecule has 1 N–H and O–H groups in total. The molecule has 0 unspecified atom stereocenters. The Balaban J connectivity index is 1.65. The highest BCUT2D eigenvalue weighted by Gasteiger charge is 2.16. The lowest BCUT2D eigenvalue weighted by Gasteiger charge is -2.19. The van der Waals surface area contributed by atoms with E-state index in [1.54, 1.807) is 7.05 Å². The number of hydrogen-bond donors (Lipinski definition) is 1. The van der Waals surface area contributed by atoms with Crippen LogP contribution in [0.5, 0.6) is 0 Å². The van der Waals surface area contributed by atoms with Crippen molar-refractivity contribution in [3.8, 4) is 0 Å². The summed E-state index contributed by atoms with van der Waals surface area (Å²) in [7, 11) is 2.96. The zero-order chi connectivity index (χ0) is 21.3. The number of aromatic nitrogens is 4. The highest BCUT2D eigenvalue weighted by Crippen LogP contribution is 2.22. The number of carbonyl (C=O) groups is 1. The third kappa shape index (κ3) is 4.16. The van der Waals surface area contributed by atoms with Crippen molar-refractivity contribution in [3.05, 3.63) is 62.6 Å². The van der Waals surface area contributed by atoms with Crippen molar-refractivity contribution in [2.45, 2.75) is 39.2 Å². The number of aryl methyl sites for hydroxylation is 1. The summed E-state index contributed by atoms with van der Waals surface area (Å²) in [4.78, 5) is 40.9. The minimum absolute atomic E-state index is 0.0348. The summed E-state index contributed by atoms with van der Waals surface area (Å²) in [6.45, 7) is 6.98. The summed E-state index contributed by atoms with van der Waals surface area (Å²) < 4.78 is 3.79. The highest BCUT2D eigenvalue weighted by atomic mass is 16.2. The summed E-state index contributed by atoms with van der Waals surface area (Å²) in [5.41, 5.74) is 2.12. The SMILES string of the molecule is Cn1c(=O)c2c(ncn2CC(=O)NCCc2ccc(C(C)(C)C)cc2)n(C)c1=O. The number of rotatable bonds is 5. The molecule has 1 aromatic carbocycles. The zero-order valence-electron chi connectivity index (χ0n) is 17.5. The van der Waals surface area contributed by atoms with Crippen LogP contribution >= 0.6 is 0 Å². The van der Waals surface area contributed by atoms with Crippen LogP contribution in [0.2, 0.25) is 0 Å². The van der Waals surface area contributed by atoms with E-state index in [1.165, 1.54) is 28.1 Å². The van der Waals surface area contributed by atoms with E-state index in [0.717, 1.165) is 16.6 Å². The van der Waals surface area contributed by atoms with Gasteiger partial charge in [-0.1, -0.05) is 45.0 Å². The van der Waals surface area contributed by atoms with Gasteiger partial charge in [0, 0.05) is 20.6 Å². The average Bonchev–Trinajstić information content (AvgIpc) is 3.08. The number of nitrogens with zero attached hydrogens (tertiary/aromatic N) is 4. The maximum atomic E-state index is 12.4. The molecule has 0 atom stereocenters. The smallest absolute Gasteiger partial charge is 0.332 e. The van der Waals surface area contributed by atoms with E-state index in [9.17, 15) is 14.4 Å². The molecule has 1 amide bonds. The molecule has 2 aromatic heterocycles. The third-order valence-electron chi connectivity index (χ3n) is 5.09. The van der Waals surface area contributed by atoms with Gasteiger partial charge in [0.05, 0.1) is 6.33 Å². The van der Waals surface area contributed by atoms with Crippen LogP contribution < -0.4 is 16.6 Å². The summed E-state index contributed by atoms with van der Waals surface area (Å²) in [6.07, 6.45) is 2.13. The predicted molar refractivity (Wildman–Crippen MR) is 112 cm³/mol. The predicted octanol–water partition coefficient (Wildman–Crippen LogP) is 1.09. The summed E-state index contributed by atoms with van der Waals surface area (Å²) >= 11 is 0. The molecule has 0 aliphatic rings. The van der Waals surface area contributed by atoms with E-state index in [1.807, 2.05) is 0 Å². The number of amides is 1. The lowest BCUT2D eigenvalue weighted by Crippen LogP contribution is -2.38. The molecule has 0 fully saturated rings. The van der Waals surface area contributed by atoms with Crippen LogP contribution in [0.4, 0.5) is 0 Å². The van der Waals surface area contributed by atoms with E-state index in [2.05, 4.69) is 55.3 Å². The number of imidazole rings is 1. The molecule has 0 aliphatic heterocycles. The van der Waals surface area contributed by atoms with Crippen molar-refractivity contribution in [2.75, 3.05) is 6.54 Å². The van der Waals surface area contributed by atoms with Crippen LogP contribution in [0.25, 0.3) is 11.2 Å². The highest BCUT2D eigenvalue weighted by molar-refractivity contribution is 5.78. The minimum Gasteiger partial charge on any atom is -0.354 e. The summed E-state index contributed by atoms with van der Waals surface area (Å²) in [6, 6.07) is 8.41. The van der Waals surface area contributed by atoms with Gasteiger partial charge in [-0.25, -0.2) is 9.78 Å². The van der Waals surface area contributed by atoms with Gasteiger partial charge in [-0.2, -0.15) is 0 Å². The Morgan fingerprint density at radius 1 is 1.07 bits per heavy atom. The molecule has 29 heavy (non-hydrogen) atoms. The molecule has 0 spiro atoms. The molecule has 0 saturated heterocycles. The van der Waals surface area contributed by atoms with Crippen molar-refractivity contribution in [3.63, 3.8) is 0 Å². The maximum absolute atomic E-state index is 12.4. The van der Waals surface area contributed by atoms with Crippen LogP contribution in [0.3, 0.4) is 0 Å². The van der Waals surface area contributed by atoms with Crippen molar-refractivity contribution < 1.29 is 4.79 Å². The topological polar surface area (TPSA) is 90.9 Å². The standard InChI is InChI=1S/C21H27N5O3/c1-21(2,3)15-8-6-14(7-9-15)10-11-22-16(27)12-26-13-23-18-17(26)19(28)25(5)20(29)24(18)4/h6-9,13H,10-12H2,1-5H3,(H,22,27). The van der Waals surface area contributed by atoms with Gasteiger partial charge in [0.25, 0.3) is 5.56 Å². The van der Waals surface area contributed by atoms with E-state index in [4.69, 9.17) is 0 Å². The number of carbonyl (C=O) groups excluding carboxylic acids is 1. The van der Waals surface area contributed by atoms with E-state index in [-0.39, 0.29) is 29.0 Å². The molecule has 3 aromatic rings. The molecule has 0 bridgehead atoms. The maximum Gasteiger partial charge on any atom is 0.332 e. The molecular weight excluding hydrogens is 370 g/mol. The van der Waals surface area contributed by atoms with Crippen LogP contribution in [-0.2, 0) is 37.3 Å². The fourth-order valence-electron chi connectivity index (χ4n) is 3.25. The van der Waals surface area contributed by atoms with Gasteiger partial charge >= 0.3 is 5.69 Å². The average molecular weight is 397 g/mol. The van der Waals surface area contributed by atoms with E-state index in [0.29, 0.717) is 6.54 Å². The first kappa shape index (κ1) is 20.6. The zero-order valence-corrected chi connectivity index (χ0v) is 17.5. The van der Waals surface area contributed by atoms with Crippen molar-refractivity contribution in [1.29, 1.82) is 0 Å². The Kier molecular flexibility index (Phi) is 5.46. The van der Waals surface area contributed by atoms with Crippen molar-refractivity contribution in [2.24, 2.45) is 14.1 Å². The Bertz CT molecular complexity index is 1160. The van der Waals surface area contributed by atoms with Gasteiger partial charge in [-0.15, -0.1) is 0 Å². The number of benzene rings is 1. The van der Waals surface area contributed by atoms with Crippen LogP contribution in [-0.4, -0.2) is 31.1 Å². The molecule has 0 saturated carbocycles. The first-order chi connectivity index (χ1) is 13.6. The van der Waals surface area contributed by atoms with Crippen molar-refractivity contribution >= 4 is 17.1 Å². The molecule has 8 heteroatoms. The fourth-order valence-corrected chi connectivity index (χ4v) is 3.25. The fraction of sp³-hybridized carbons (Fsp3) is 0.429. The first-order valence-electron chi connectivity index (χ1n) is 9.56. The lowest BCUT2D eigenvalue weighted by atomic mass is 9.86. The molecule has 154 valence electrons. The number of nitrogens with one attached hydrogen (secondary N) is 1. The normalized spacial score (nSPS) is 11.8. The summed E-state index contributed by atoms with van der Waals surface area (Å²) in [5.74, 6) is -0.216. The van der Waals surface area contributed by atoms with Crippen LogP contribution in [0.1, 0.15) is 31.9 Å². The van der Waals surface area contributed by atoms with Gasteiger partial charge in [0.15, 0.2) is 11.2 Å². The monoisotopic (exact) mass is 397 g/mol. The Labute approximate surface area is 168 Å². The lowest BCUT2D eigenvalue weighted by molar-refractivity contribution is -0.121. The van der Waals surface area contributed by atoms with Crippen LogP contribution in [0, 0.1) is 0 Å². The number of hydrogen-bond acceptors (Lipinski definition) is 4. The van der Waals surface area contributed by atoms with Gasteiger partial charge < -0.3 is 9.88 Å². The molecule has 3 rings (SSSR count). The second-order valence-corrected chi connectivity index (χ2v) is 8.30. The van der Waals surface area contributed by atoms with Crippen molar-refractivity contribution in [1.82, 2.24) is 24.0 Å². The van der Waals surface area contributed by atoms with Gasteiger partial charge in [-0.05, 0) is 23.0 Å². The molecule has 0 radical (unpaired) electrons. The minimum atomic E-state index is -0.465. The molecule has 2 heterocycles. The van der Waals surface area contributed by atoms with E-state index < -0.39 is 11.2 Å². The quantitative estimate of drug-likeness (QED) is 0.698. The molecule has 8 nitrogen and oxygen atoms in total. The molecule has 0 aliphatic carbocycles. The third-order valence-corrected chi connectivity index (χ3v) is 5.09. The van der Waals surface area contributed by atoms with E-state index >= 15 is 0 Å². The first-order valence-corrected chi connectivity index (χ1v) is 9.56.